The highest BCUT2D eigenvalue weighted by molar-refractivity contribution is 5.71. The van der Waals surface area contributed by atoms with Crippen molar-refractivity contribution in [2.45, 2.75) is 38.3 Å². The molecule has 9 heteroatoms. The molecule has 0 aliphatic carbocycles. The van der Waals surface area contributed by atoms with Crippen molar-refractivity contribution in [2.75, 3.05) is 6.54 Å². The van der Waals surface area contributed by atoms with E-state index in [1.807, 2.05) is 0 Å². The van der Waals surface area contributed by atoms with Crippen molar-refractivity contribution in [3.8, 4) is 0 Å². The number of alkyl halides is 6. The van der Waals surface area contributed by atoms with Crippen molar-refractivity contribution < 1.29 is 35.9 Å². The molecule has 1 amide bonds. The molecule has 0 unspecified atom stereocenters. The van der Waals surface area contributed by atoms with Crippen LogP contribution in [0.15, 0.2) is 18.2 Å². The van der Waals surface area contributed by atoms with Gasteiger partial charge in [0.15, 0.2) is 0 Å². The molecule has 0 spiro atoms. The van der Waals surface area contributed by atoms with Crippen LogP contribution in [0.2, 0.25) is 0 Å². The lowest BCUT2D eigenvalue weighted by Crippen LogP contribution is -2.31. The Morgan fingerprint density at radius 2 is 1.52 bits per heavy atom. The largest absolute Gasteiger partial charge is 0.439 e. The number of nitrogens with zero attached hydrogens (tertiary/aromatic N) is 1. The van der Waals surface area contributed by atoms with Crippen LogP contribution in [0.4, 0.5) is 31.1 Å². The summed E-state index contributed by atoms with van der Waals surface area (Å²) in [5.74, 6) is 0. The van der Waals surface area contributed by atoms with Gasteiger partial charge in [-0.3, -0.25) is 0 Å². The van der Waals surface area contributed by atoms with E-state index in [-0.39, 0.29) is 18.2 Å². The Labute approximate surface area is 127 Å². The molecule has 0 saturated carbocycles. The average molecular weight is 341 g/mol. The van der Waals surface area contributed by atoms with Crippen molar-refractivity contribution in [1.82, 2.24) is 4.90 Å². The molecule has 1 heterocycles. The van der Waals surface area contributed by atoms with Crippen molar-refractivity contribution in [2.24, 2.45) is 0 Å². The first-order valence-electron chi connectivity index (χ1n) is 6.71. The fraction of sp³-hybridized carbons (Fsp3) is 0.500. The Kier molecular flexibility index (Phi) is 4.25. The number of carbonyl (C=O) groups is 1. The number of benzene rings is 1. The molecule has 23 heavy (non-hydrogen) atoms. The second kappa shape index (κ2) is 5.61. The third-order valence-corrected chi connectivity index (χ3v) is 3.67. The third-order valence-electron chi connectivity index (χ3n) is 3.67. The zero-order valence-electron chi connectivity index (χ0n) is 12.1. The smallest absolute Gasteiger partial charge is 0.416 e. The highest BCUT2D eigenvalue weighted by Crippen LogP contribution is 2.40. The van der Waals surface area contributed by atoms with Gasteiger partial charge in [-0.05, 0) is 37.6 Å². The van der Waals surface area contributed by atoms with E-state index in [1.54, 1.807) is 6.92 Å². The minimum absolute atomic E-state index is 0.0442. The summed E-state index contributed by atoms with van der Waals surface area (Å²) in [6.45, 7) is 3.38. The fourth-order valence-corrected chi connectivity index (χ4v) is 2.51. The van der Waals surface area contributed by atoms with Crippen LogP contribution in [0, 0.1) is 0 Å². The molecule has 2 atom stereocenters. The molecule has 1 aromatic carbocycles. The zero-order chi connectivity index (χ0) is 17.6. The summed E-state index contributed by atoms with van der Waals surface area (Å²) in [6.07, 6.45) is -11.8. The van der Waals surface area contributed by atoms with E-state index < -0.39 is 41.7 Å². The zero-order valence-corrected chi connectivity index (χ0v) is 12.1. The van der Waals surface area contributed by atoms with E-state index >= 15 is 0 Å². The number of cyclic esters (lactones) is 1. The van der Waals surface area contributed by atoms with E-state index in [4.69, 9.17) is 4.74 Å². The first kappa shape index (κ1) is 17.4. The van der Waals surface area contributed by atoms with E-state index in [2.05, 4.69) is 0 Å². The molecular weight excluding hydrogens is 328 g/mol. The Hall–Kier alpha value is -1.93. The van der Waals surface area contributed by atoms with Gasteiger partial charge in [-0.15, -0.1) is 0 Å². The molecule has 0 bridgehead atoms. The van der Waals surface area contributed by atoms with Gasteiger partial charge in [0.25, 0.3) is 0 Å². The van der Waals surface area contributed by atoms with Gasteiger partial charge in [-0.25, -0.2) is 4.79 Å². The molecule has 0 N–H and O–H groups in total. The average Bonchev–Trinajstić information content (AvgIpc) is 2.71. The van der Waals surface area contributed by atoms with Crippen LogP contribution in [-0.2, 0) is 17.1 Å². The predicted molar refractivity (Wildman–Crippen MR) is 67.5 cm³/mol. The molecule has 128 valence electrons. The maximum atomic E-state index is 12.9. The molecule has 2 rings (SSSR count). The summed E-state index contributed by atoms with van der Waals surface area (Å²) < 4.78 is 82.1. The minimum atomic E-state index is -4.94. The summed E-state index contributed by atoms with van der Waals surface area (Å²) in [5.41, 5.74) is -3.19. The number of likely N-dealkylation sites (N-methyl/N-ethyl adjacent to an activating group) is 1. The molecule has 1 aliphatic heterocycles. The number of halogens is 6. The highest BCUT2D eigenvalue weighted by Gasteiger charge is 2.42. The van der Waals surface area contributed by atoms with Crippen molar-refractivity contribution >= 4 is 6.09 Å². The van der Waals surface area contributed by atoms with Crippen LogP contribution in [0.1, 0.15) is 36.6 Å². The summed E-state index contributed by atoms with van der Waals surface area (Å²) in [6, 6.07) is 0.547. The van der Waals surface area contributed by atoms with Gasteiger partial charge in [0, 0.05) is 6.54 Å². The molecule has 1 saturated heterocycles. The lowest BCUT2D eigenvalue weighted by molar-refractivity contribution is -0.143. The first-order chi connectivity index (χ1) is 10.4. The number of rotatable bonds is 2. The second-order valence-corrected chi connectivity index (χ2v) is 5.17. The van der Waals surface area contributed by atoms with Gasteiger partial charge in [0.1, 0.15) is 6.10 Å². The Bertz CT molecular complexity index is 578. The van der Waals surface area contributed by atoms with Crippen LogP contribution in [0.5, 0.6) is 0 Å². The van der Waals surface area contributed by atoms with Crippen molar-refractivity contribution in [1.29, 1.82) is 0 Å². The standard InChI is InChI=1S/C14H13F6NO2/c1-3-21-7(2)11(23-12(21)22)8-4-9(13(15,16)17)6-10(5-8)14(18,19)20/h4-7,11H,3H2,1-2H3/t7-,11+/m1/s1. The Balaban J connectivity index is 2.52. The quantitative estimate of drug-likeness (QED) is 0.734. The van der Waals surface area contributed by atoms with E-state index in [0.717, 1.165) is 0 Å². The number of ether oxygens (including phenoxy) is 1. The van der Waals surface area contributed by atoms with Gasteiger partial charge in [0.05, 0.1) is 17.2 Å². The van der Waals surface area contributed by atoms with Gasteiger partial charge < -0.3 is 9.64 Å². The molecular formula is C14H13F6NO2. The second-order valence-electron chi connectivity index (χ2n) is 5.17. The summed E-state index contributed by atoms with van der Waals surface area (Å²) in [5, 5.41) is 0. The van der Waals surface area contributed by atoms with Gasteiger partial charge in [0.2, 0.25) is 0 Å². The minimum Gasteiger partial charge on any atom is -0.439 e. The Morgan fingerprint density at radius 1 is 1.04 bits per heavy atom. The molecule has 0 radical (unpaired) electrons. The van der Waals surface area contributed by atoms with Gasteiger partial charge in [-0.1, -0.05) is 0 Å². The summed E-state index contributed by atoms with van der Waals surface area (Å²) in [4.78, 5) is 12.9. The number of amides is 1. The predicted octanol–water partition coefficient (Wildman–Crippen LogP) is 4.63. The number of carbonyl (C=O) groups excluding carboxylic acids is 1. The highest BCUT2D eigenvalue weighted by atomic mass is 19.4. The lowest BCUT2D eigenvalue weighted by atomic mass is 9.97. The maximum absolute atomic E-state index is 12.9. The van der Waals surface area contributed by atoms with Gasteiger partial charge in [-0.2, -0.15) is 26.3 Å². The van der Waals surface area contributed by atoms with Crippen LogP contribution >= 0.6 is 0 Å². The third kappa shape index (κ3) is 3.37. The topological polar surface area (TPSA) is 29.5 Å². The van der Waals surface area contributed by atoms with Gasteiger partial charge >= 0.3 is 18.4 Å². The summed E-state index contributed by atoms with van der Waals surface area (Å²) in [7, 11) is 0. The van der Waals surface area contributed by atoms with Crippen LogP contribution in [0.25, 0.3) is 0 Å². The fourth-order valence-electron chi connectivity index (χ4n) is 2.51. The van der Waals surface area contributed by atoms with E-state index in [0.29, 0.717) is 12.1 Å². The van der Waals surface area contributed by atoms with Crippen molar-refractivity contribution in [3.63, 3.8) is 0 Å². The van der Waals surface area contributed by atoms with Crippen LogP contribution < -0.4 is 0 Å². The van der Waals surface area contributed by atoms with E-state index in [9.17, 15) is 31.1 Å². The first-order valence-corrected chi connectivity index (χ1v) is 6.71. The lowest BCUT2D eigenvalue weighted by Gasteiger charge is -2.21. The van der Waals surface area contributed by atoms with Crippen LogP contribution in [-0.4, -0.2) is 23.6 Å². The van der Waals surface area contributed by atoms with Crippen LogP contribution in [0.3, 0.4) is 0 Å². The molecule has 1 aliphatic rings. The number of hydrogen-bond acceptors (Lipinski definition) is 2. The van der Waals surface area contributed by atoms with Crippen molar-refractivity contribution in [3.05, 3.63) is 34.9 Å². The molecule has 0 aromatic heterocycles. The molecule has 1 fully saturated rings. The molecule has 3 nitrogen and oxygen atoms in total. The Morgan fingerprint density at radius 3 is 1.87 bits per heavy atom. The monoisotopic (exact) mass is 341 g/mol. The SMILES string of the molecule is CCN1C(=O)O[C@H](c2cc(C(F)(F)F)cc(C(F)(F)F)c2)[C@H]1C. The normalized spacial score (nSPS) is 22.4. The summed E-state index contributed by atoms with van der Waals surface area (Å²) >= 11 is 0. The molecule has 1 aromatic rings. The maximum Gasteiger partial charge on any atom is 0.416 e. The number of hydrogen-bond donors (Lipinski definition) is 0. The van der Waals surface area contributed by atoms with E-state index in [1.165, 1.54) is 11.8 Å².